The van der Waals surface area contributed by atoms with Crippen molar-refractivity contribution in [1.82, 2.24) is 0 Å². The molecule has 0 bridgehead atoms. The summed E-state index contributed by atoms with van der Waals surface area (Å²) in [6.45, 7) is 3.25. The van der Waals surface area contributed by atoms with E-state index in [1.807, 2.05) is 84.9 Å². The van der Waals surface area contributed by atoms with Gasteiger partial charge in [0.25, 0.3) is 5.91 Å². The normalized spacial score (nSPS) is 11.0. The molecule has 1 amide bonds. The highest BCUT2D eigenvalue weighted by molar-refractivity contribution is 5.94. The van der Waals surface area contributed by atoms with E-state index in [-0.39, 0.29) is 12.5 Å². The van der Waals surface area contributed by atoms with Crippen LogP contribution in [0.1, 0.15) is 30.5 Å². The van der Waals surface area contributed by atoms with Gasteiger partial charge in [-0.05, 0) is 43.0 Å². The molecule has 0 spiro atoms. The van der Waals surface area contributed by atoms with E-state index >= 15 is 0 Å². The Balaban J connectivity index is 1.61. The molecule has 0 atom stereocenters. The Kier molecular flexibility index (Phi) is 6.45. The Labute approximate surface area is 171 Å². The zero-order valence-corrected chi connectivity index (χ0v) is 16.7. The van der Waals surface area contributed by atoms with Crippen LogP contribution >= 0.6 is 0 Å². The quantitative estimate of drug-likeness (QED) is 0.596. The number of rotatable bonds is 7. The van der Waals surface area contributed by atoms with E-state index in [0.29, 0.717) is 6.42 Å². The highest BCUT2D eigenvalue weighted by atomic mass is 16.5. The summed E-state index contributed by atoms with van der Waals surface area (Å²) >= 11 is 0. The average molecular weight is 387 g/mol. The molecule has 0 heterocycles. The third-order valence-electron chi connectivity index (χ3n) is 4.87. The Morgan fingerprint density at radius 1 is 0.828 bits per heavy atom. The Morgan fingerprint density at radius 2 is 1.41 bits per heavy atom. The molecule has 0 aliphatic carbocycles. The molecule has 1 N–H and O–H groups in total. The third kappa shape index (κ3) is 5.32. The Hall–Kier alpha value is -3.40. The van der Waals surface area contributed by atoms with Gasteiger partial charge in [0.2, 0.25) is 0 Å². The van der Waals surface area contributed by atoms with Crippen LogP contribution in [0.25, 0.3) is 0 Å². The second-order valence-electron chi connectivity index (χ2n) is 7.43. The van der Waals surface area contributed by atoms with Crippen LogP contribution in [0.5, 0.6) is 0 Å². The number of amides is 1. The minimum absolute atomic E-state index is 0.325. The van der Waals surface area contributed by atoms with Crippen molar-refractivity contribution in [3.63, 3.8) is 0 Å². The molecule has 0 aliphatic rings. The molecule has 3 aromatic carbocycles. The predicted molar refractivity (Wildman–Crippen MR) is 115 cm³/mol. The number of esters is 1. The summed E-state index contributed by atoms with van der Waals surface area (Å²) in [5.41, 5.74) is 2.90. The zero-order chi connectivity index (χ0) is 20.7. The lowest BCUT2D eigenvalue weighted by atomic mass is 9.85. The molecule has 0 unspecified atom stereocenters. The molecule has 4 heteroatoms. The van der Waals surface area contributed by atoms with Gasteiger partial charge in [0.15, 0.2) is 6.61 Å². The summed E-state index contributed by atoms with van der Waals surface area (Å²) in [4.78, 5) is 24.9. The summed E-state index contributed by atoms with van der Waals surface area (Å²) in [6.07, 6.45) is 0.706. The second kappa shape index (κ2) is 9.20. The second-order valence-corrected chi connectivity index (χ2v) is 7.43. The summed E-state index contributed by atoms with van der Waals surface area (Å²) < 4.78 is 5.30. The number of para-hydroxylation sites is 1. The number of ether oxygens (including phenoxy) is 1. The molecule has 148 valence electrons. The number of nitrogens with one attached hydrogen (secondary N) is 1. The van der Waals surface area contributed by atoms with E-state index in [1.54, 1.807) is 13.8 Å². The molecule has 4 nitrogen and oxygen atoms in total. The molecular weight excluding hydrogens is 362 g/mol. The van der Waals surface area contributed by atoms with Crippen molar-refractivity contribution in [2.75, 3.05) is 11.9 Å². The van der Waals surface area contributed by atoms with Crippen LogP contribution in [0.15, 0.2) is 84.9 Å². The summed E-state index contributed by atoms with van der Waals surface area (Å²) in [7, 11) is 0. The SMILES string of the molecule is CC(C)(C(=O)OCC(=O)Nc1ccccc1Cc1ccccc1)c1ccccc1. The number of benzene rings is 3. The third-order valence-corrected chi connectivity index (χ3v) is 4.87. The lowest BCUT2D eigenvalue weighted by Gasteiger charge is -2.23. The highest BCUT2D eigenvalue weighted by Crippen LogP contribution is 2.24. The number of anilines is 1. The number of hydrogen-bond donors (Lipinski definition) is 1. The van der Waals surface area contributed by atoms with E-state index in [2.05, 4.69) is 5.32 Å². The summed E-state index contributed by atoms with van der Waals surface area (Å²) in [5.74, 6) is -0.792. The maximum atomic E-state index is 12.5. The van der Waals surface area contributed by atoms with Crippen molar-refractivity contribution in [2.24, 2.45) is 0 Å². The number of carbonyl (C=O) groups is 2. The molecule has 0 saturated carbocycles. The molecule has 0 radical (unpaired) electrons. The van der Waals surface area contributed by atoms with Gasteiger partial charge in [-0.25, -0.2) is 0 Å². The largest absolute Gasteiger partial charge is 0.455 e. The van der Waals surface area contributed by atoms with Crippen molar-refractivity contribution >= 4 is 17.6 Å². The summed E-state index contributed by atoms with van der Waals surface area (Å²) in [6, 6.07) is 27.1. The molecule has 3 aromatic rings. The molecule has 29 heavy (non-hydrogen) atoms. The molecular formula is C25H25NO3. The fourth-order valence-corrected chi connectivity index (χ4v) is 3.08. The van der Waals surface area contributed by atoms with Gasteiger partial charge in [-0.15, -0.1) is 0 Å². The average Bonchev–Trinajstić information content (AvgIpc) is 2.74. The van der Waals surface area contributed by atoms with Gasteiger partial charge in [-0.2, -0.15) is 0 Å². The number of hydrogen-bond acceptors (Lipinski definition) is 3. The van der Waals surface area contributed by atoms with E-state index in [0.717, 1.165) is 22.4 Å². The lowest BCUT2D eigenvalue weighted by molar-refractivity contribution is -0.152. The smallest absolute Gasteiger partial charge is 0.316 e. The topological polar surface area (TPSA) is 55.4 Å². The summed E-state index contributed by atoms with van der Waals surface area (Å²) in [5, 5.41) is 2.86. The van der Waals surface area contributed by atoms with Gasteiger partial charge in [0.05, 0.1) is 5.41 Å². The van der Waals surface area contributed by atoms with E-state index in [4.69, 9.17) is 4.74 Å². The first kappa shape index (κ1) is 20.3. The maximum absolute atomic E-state index is 12.5. The van der Waals surface area contributed by atoms with Crippen LogP contribution in [0.2, 0.25) is 0 Å². The predicted octanol–water partition coefficient (Wildman–Crippen LogP) is 4.74. The fraction of sp³-hybridized carbons (Fsp3) is 0.200. The monoisotopic (exact) mass is 387 g/mol. The number of carbonyl (C=O) groups excluding carboxylic acids is 2. The van der Waals surface area contributed by atoms with Crippen molar-refractivity contribution in [3.05, 3.63) is 102 Å². The first-order valence-electron chi connectivity index (χ1n) is 9.61. The zero-order valence-electron chi connectivity index (χ0n) is 16.7. The molecule has 0 aliphatic heterocycles. The van der Waals surface area contributed by atoms with E-state index in [9.17, 15) is 9.59 Å². The first-order valence-corrected chi connectivity index (χ1v) is 9.61. The van der Waals surface area contributed by atoms with Crippen LogP contribution in [0, 0.1) is 0 Å². The Morgan fingerprint density at radius 3 is 2.10 bits per heavy atom. The van der Waals surface area contributed by atoms with E-state index < -0.39 is 11.4 Å². The van der Waals surface area contributed by atoms with Crippen LogP contribution in [-0.2, 0) is 26.2 Å². The molecule has 0 saturated heterocycles. The van der Waals surface area contributed by atoms with Crippen molar-refractivity contribution in [3.8, 4) is 0 Å². The molecule has 0 fully saturated rings. The fourth-order valence-electron chi connectivity index (χ4n) is 3.08. The standard InChI is InChI=1S/C25H25NO3/c1-25(2,21-14-7-4-8-15-21)24(28)29-18-23(27)26-22-16-10-9-13-20(22)17-19-11-5-3-6-12-19/h3-16H,17-18H2,1-2H3,(H,26,27). The minimum Gasteiger partial charge on any atom is -0.455 e. The molecule has 0 aromatic heterocycles. The van der Waals surface area contributed by atoms with Gasteiger partial charge in [-0.1, -0.05) is 78.9 Å². The van der Waals surface area contributed by atoms with Gasteiger partial charge >= 0.3 is 5.97 Å². The van der Waals surface area contributed by atoms with Crippen LogP contribution < -0.4 is 5.32 Å². The van der Waals surface area contributed by atoms with Crippen molar-refractivity contribution < 1.29 is 14.3 Å². The van der Waals surface area contributed by atoms with Gasteiger partial charge in [0.1, 0.15) is 0 Å². The highest BCUT2D eigenvalue weighted by Gasteiger charge is 2.31. The van der Waals surface area contributed by atoms with Gasteiger partial charge in [0, 0.05) is 5.69 Å². The minimum atomic E-state index is -0.827. The molecule has 3 rings (SSSR count). The van der Waals surface area contributed by atoms with Crippen molar-refractivity contribution in [1.29, 1.82) is 0 Å². The van der Waals surface area contributed by atoms with Gasteiger partial charge < -0.3 is 10.1 Å². The van der Waals surface area contributed by atoms with Crippen LogP contribution in [-0.4, -0.2) is 18.5 Å². The lowest BCUT2D eigenvalue weighted by Crippen LogP contribution is -2.33. The van der Waals surface area contributed by atoms with Crippen molar-refractivity contribution in [2.45, 2.75) is 25.7 Å². The van der Waals surface area contributed by atoms with E-state index in [1.165, 1.54) is 0 Å². The van der Waals surface area contributed by atoms with Gasteiger partial charge in [-0.3, -0.25) is 9.59 Å². The van der Waals surface area contributed by atoms with Crippen LogP contribution in [0.3, 0.4) is 0 Å². The Bertz CT molecular complexity index is 966. The van der Waals surface area contributed by atoms with Crippen LogP contribution in [0.4, 0.5) is 5.69 Å². The first-order chi connectivity index (χ1) is 14.0. The maximum Gasteiger partial charge on any atom is 0.316 e.